The van der Waals surface area contributed by atoms with Gasteiger partial charge in [-0.15, -0.1) is 0 Å². The number of para-hydroxylation sites is 2. The zero-order valence-electron chi connectivity index (χ0n) is 10.3. The van der Waals surface area contributed by atoms with Gasteiger partial charge in [-0.3, -0.25) is 0 Å². The summed E-state index contributed by atoms with van der Waals surface area (Å²) in [5.41, 5.74) is -0.654. The van der Waals surface area contributed by atoms with Crippen molar-refractivity contribution in [3.63, 3.8) is 0 Å². The first-order chi connectivity index (χ1) is 8.23. The second-order valence-electron chi connectivity index (χ2n) is 4.72. The van der Waals surface area contributed by atoms with Crippen LogP contribution in [0.4, 0.5) is 0 Å². The molecule has 17 heavy (non-hydrogen) atoms. The summed E-state index contributed by atoms with van der Waals surface area (Å²) in [4.78, 5) is 0. The van der Waals surface area contributed by atoms with Crippen molar-refractivity contribution >= 4 is 0 Å². The second-order valence-corrected chi connectivity index (χ2v) is 4.72. The normalized spacial score (nSPS) is 18.7. The average Bonchev–Trinajstić information content (AvgIpc) is 2.38. The van der Waals surface area contributed by atoms with Crippen molar-refractivity contribution in [3.8, 4) is 11.5 Å². The van der Waals surface area contributed by atoms with E-state index in [1.807, 2.05) is 24.3 Å². The van der Waals surface area contributed by atoms with E-state index in [2.05, 4.69) is 0 Å². The molecule has 0 unspecified atom stereocenters. The lowest BCUT2D eigenvalue weighted by atomic mass is 9.85. The first kappa shape index (κ1) is 12.2. The van der Waals surface area contributed by atoms with Gasteiger partial charge < -0.3 is 14.6 Å². The molecule has 1 aliphatic rings. The Bertz CT molecular complexity index is 356. The van der Waals surface area contributed by atoms with Crippen LogP contribution in [-0.4, -0.2) is 24.4 Å². The van der Waals surface area contributed by atoms with Gasteiger partial charge in [0.1, 0.15) is 6.61 Å². The third-order valence-corrected chi connectivity index (χ3v) is 3.35. The lowest BCUT2D eigenvalue weighted by molar-refractivity contribution is -0.0343. The minimum atomic E-state index is -0.654. The summed E-state index contributed by atoms with van der Waals surface area (Å²) in [5, 5.41) is 10.3. The number of hydrogen-bond acceptors (Lipinski definition) is 3. The molecular weight excluding hydrogens is 216 g/mol. The maximum absolute atomic E-state index is 10.3. The third kappa shape index (κ3) is 3.13. The van der Waals surface area contributed by atoms with E-state index in [9.17, 15) is 5.11 Å². The van der Waals surface area contributed by atoms with Crippen LogP contribution in [0, 0.1) is 0 Å². The summed E-state index contributed by atoms with van der Waals surface area (Å²) in [5.74, 6) is 1.42. The van der Waals surface area contributed by atoms with Crippen LogP contribution in [0.3, 0.4) is 0 Å². The van der Waals surface area contributed by atoms with Gasteiger partial charge in [0, 0.05) is 0 Å². The van der Waals surface area contributed by atoms with E-state index >= 15 is 0 Å². The Hall–Kier alpha value is -1.22. The highest BCUT2D eigenvalue weighted by atomic mass is 16.5. The molecule has 0 aliphatic heterocycles. The minimum absolute atomic E-state index is 0.355. The largest absolute Gasteiger partial charge is 0.493 e. The molecule has 1 saturated carbocycles. The van der Waals surface area contributed by atoms with E-state index in [1.54, 1.807) is 7.11 Å². The summed E-state index contributed by atoms with van der Waals surface area (Å²) in [6, 6.07) is 7.54. The van der Waals surface area contributed by atoms with E-state index in [4.69, 9.17) is 9.47 Å². The third-order valence-electron chi connectivity index (χ3n) is 3.35. The van der Waals surface area contributed by atoms with Gasteiger partial charge in [-0.2, -0.15) is 0 Å². The highest BCUT2D eigenvalue weighted by Crippen LogP contribution is 2.31. The molecule has 3 nitrogen and oxygen atoms in total. The van der Waals surface area contributed by atoms with Gasteiger partial charge >= 0.3 is 0 Å². The Kier molecular flexibility index (Phi) is 3.89. The Labute approximate surface area is 102 Å². The van der Waals surface area contributed by atoms with Crippen molar-refractivity contribution in [1.82, 2.24) is 0 Å². The minimum Gasteiger partial charge on any atom is -0.493 e. The quantitative estimate of drug-likeness (QED) is 0.873. The van der Waals surface area contributed by atoms with Crippen molar-refractivity contribution in [2.24, 2.45) is 0 Å². The van der Waals surface area contributed by atoms with Crippen molar-refractivity contribution in [2.75, 3.05) is 13.7 Å². The van der Waals surface area contributed by atoms with E-state index in [0.717, 1.165) is 25.7 Å². The zero-order valence-corrected chi connectivity index (χ0v) is 10.3. The molecule has 0 radical (unpaired) electrons. The molecule has 0 aromatic heterocycles. The molecule has 1 aliphatic carbocycles. The Morgan fingerprint density at radius 1 is 1.12 bits per heavy atom. The zero-order chi connectivity index (χ0) is 12.1. The fourth-order valence-corrected chi connectivity index (χ4v) is 2.30. The lowest BCUT2D eigenvalue weighted by Gasteiger charge is -2.31. The molecule has 2 rings (SSSR count). The fraction of sp³-hybridized carbons (Fsp3) is 0.571. The standard InChI is InChI=1S/C14H20O3/c1-16-12-7-3-4-8-13(12)17-11-14(15)9-5-2-6-10-14/h3-4,7-8,15H,2,5-6,9-11H2,1H3. The van der Waals surface area contributed by atoms with Crippen LogP contribution in [-0.2, 0) is 0 Å². The first-order valence-electron chi connectivity index (χ1n) is 6.22. The summed E-state index contributed by atoms with van der Waals surface area (Å²) in [6.07, 6.45) is 5.07. The summed E-state index contributed by atoms with van der Waals surface area (Å²) in [6.45, 7) is 0.355. The number of benzene rings is 1. The maximum Gasteiger partial charge on any atom is 0.161 e. The number of rotatable bonds is 4. The molecule has 1 N–H and O–H groups in total. The van der Waals surface area contributed by atoms with Gasteiger partial charge in [0.05, 0.1) is 12.7 Å². The van der Waals surface area contributed by atoms with Crippen molar-refractivity contribution < 1.29 is 14.6 Å². The number of methoxy groups -OCH3 is 1. The molecule has 0 atom stereocenters. The van der Waals surface area contributed by atoms with E-state index in [-0.39, 0.29) is 0 Å². The molecule has 0 bridgehead atoms. The SMILES string of the molecule is COc1ccccc1OCC1(O)CCCCC1. The van der Waals surface area contributed by atoms with Crippen LogP contribution in [0.5, 0.6) is 11.5 Å². The Morgan fingerprint density at radius 3 is 2.41 bits per heavy atom. The highest BCUT2D eigenvalue weighted by molar-refractivity contribution is 5.39. The lowest BCUT2D eigenvalue weighted by Crippen LogP contribution is -2.37. The molecule has 1 aromatic rings. The van der Waals surface area contributed by atoms with Gasteiger partial charge in [0.2, 0.25) is 0 Å². The summed E-state index contributed by atoms with van der Waals surface area (Å²) >= 11 is 0. The van der Waals surface area contributed by atoms with Crippen molar-refractivity contribution in [3.05, 3.63) is 24.3 Å². The van der Waals surface area contributed by atoms with E-state index in [1.165, 1.54) is 6.42 Å². The number of hydrogen-bond donors (Lipinski definition) is 1. The average molecular weight is 236 g/mol. The smallest absolute Gasteiger partial charge is 0.161 e. The summed E-state index contributed by atoms with van der Waals surface area (Å²) in [7, 11) is 1.62. The topological polar surface area (TPSA) is 38.7 Å². The van der Waals surface area contributed by atoms with Gasteiger partial charge in [-0.1, -0.05) is 31.4 Å². The van der Waals surface area contributed by atoms with Crippen molar-refractivity contribution in [1.29, 1.82) is 0 Å². The van der Waals surface area contributed by atoms with E-state index in [0.29, 0.717) is 18.1 Å². The fourth-order valence-electron chi connectivity index (χ4n) is 2.30. The second kappa shape index (κ2) is 5.41. The van der Waals surface area contributed by atoms with Crippen LogP contribution in [0.25, 0.3) is 0 Å². The van der Waals surface area contributed by atoms with Crippen LogP contribution >= 0.6 is 0 Å². The molecule has 94 valence electrons. The number of ether oxygens (including phenoxy) is 2. The Morgan fingerprint density at radius 2 is 1.76 bits per heavy atom. The van der Waals surface area contributed by atoms with Crippen molar-refractivity contribution in [2.45, 2.75) is 37.7 Å². The van der Waals surface area contributed by atoms with E-state index < -0.39 is 5.60 Å². The molecule has 1 fully saturated rings. The van der Waals surface area contributed by atoms with Crippen LogP contribution in [0.1, 0.15) is 32.1 Å². The molecule has 0 spiro atoms. The maximum atomic E-state index is 10.3. The molecule has 3 heteroatoms. The Balaban J connectivity index is 1.96. The highest BCUT2D eigenvalue weighted by Gasteiger charge is 2.30. The van der Waals surface area contributed by atoms with Gasteiger partial charge in [0.15, 0.2) is 11.5 Å². The van der Waals surface area contributed by atoms with Crippen LogP contribution < -0.4 is 9.47 Å². The molecule has 0 saturated heterocycles. The van der Waals surface area contributed by atoms with Gasteiger partial charge in [0.25, 0.3) is 0 Å². The first-order valence-corrected chi connectivity index (χ1v) is 6.22. The number of aliphatic hydroxyl groups is 1. The summed E-state index contributed by atoms with van der Waals surface area (Å²) < 4.78 is 10.9. The van der Waals surface area contributed by atoms with Crippen LogP contribution in [0.15, 0.2) is 24.3 Å². The molecule has 0 heterocycles. The monoisotopic (exact) mass is 236 g/mol. The van der Waals surface area contributed by atoms with Gasteiger partial charge in [-0.05, 0) is 25.0 Å². The molecule has 0 amide bonds. The predicted molar refractivity (Wildman–Crippen MR) is 66.5 cm³/mol. The molecule has 1 aromatic carbocycles. The predicted octanol–water partition coefficient (Wildman–Crippen LogP) is 2.77. The molecular formula is C14H20O3. The van der Waals surface area contributed by atoms with Crippen LogP contribution in [0.2, 0.25) is 0 Å². The van der Waals surface area contributed by atoms with Gasteiger partial charge in [-0.25, -0.2) is 0 Å².